The SMILES string of the molecule is CCn1c(C)cc(C=Nc2ccc(Oc3ccccc3OC)cc2)c1C. The molecule has 0 aliphatic carbocycles. The summed E-state index contributed by atoms with van der Waals surface area (Å²) in [5, 5.41) is 0. The van der Waals surface area contributed by atoms with Gasteiger partial charge in [-0.2, -0.15) is 0 Å². The monoisotopic (exact) mass is 348 g/mol. The molecule has 4 nitrogen and oxygen atoms in total. The Bertz CT molecular complexity index is 908. The zero-order valence-electron chi connectivity index (χ0n) is 15.7. The number of nitrogens with zero attached hydrogens (tertiary/aromatic N) is 2. The lowest BCUT2D eigenvalue weighted by Gasteiger charge is -2.09. The van der Waals surface area contributed by atoms with E-state index in [1.54, 1.807) is 7.11 Å². The molecule has 0 saturated carbocycles. The minimum Gasteiger partial charge on any atom is -0.493 e. The first-order valence-electron chi connectivity index (χ1n) is 8.74. The summed E-state index contributed by atoms with van der Waals surface area (Å²) < 4.78 is 13.5. The molecule has 0 aliphatic rings. The van der Waals surface area contributed by atoms with Crippen LogP contribution in [0, 0.1) is 13.8 Å². The molecule has 0 atom stereocenters. The second-order valence-electron chi connectivity index (χ2n) is 6.08. The second-order valence-corrected chi connectivity index (χ2v) is 6.08. The van der Waals surface area contributed by atoms with E-state index in [0.29, 0.717) is 11.5 Å². The van der Waals surface area contributed by atoms with Crippen LogP contribution in [-0.4, -0.2) is 17.9 Å². The molecule has 0 fully saturated rings. The standard InChI is InChI=1S/C22H24N2O2/c1-5-24-16(2)14-18(17(24)3)15-23-19-10-12-20(13-11-19)26-22-9-7-6-8-21(22)25-4/h6-15H,5H2,1-4H3. The normalized spacial score (nSPS) is 11.1. The Morgan fingerprint density at radius 1 is 1.00 bits per heavy atom. The Balaban J connectivity index is 1.74. The lowest BCUT2D eigenvalue weighted by Crippen LogP contribution is -1.99. The quantitative estimate of drug-likeness (QED) is 0.538. The van der Waals surface area contributed by atoms with Gasteiger partial charge in [-0.15, -0.1) is 0 Å². The summed E-state index contributed by atoms with van der Waals surface area (Å²) in [6.45, 7) is 7.38. The highest BCUT2D eigenvalue weighted by Gasteiger charge is 2.06. The number of aryl methyl sites for hydroxylation is 1. The number of aliphatic imine (C=N–C) groups is 1. The molecule has 1 aromatic heterocycles. The number of hydrogen-bond donors (Lipinski definition) is 0. The molecule has 0 saturated heterocycles. The lowest BCUT2D eigenvalue weighted by molar-refractivity contribution is 0.379. The number of ether oxygens (including phenoxy) is 2. The highest BCUT2D eigenvalue weighted by molar-refractivity contribution is 5.83. The van der Waals surface area contributed by atoms with Gasteiger partial charge in [-0.1, -0.05) is 12.1 Å². The predicted octanol–water partition coefficient (Wildman–Crippen LogP) is 5.68. The van der Waals surface area contributed by atoms with Crippen LogP contribution in [0.2, 0.25) is 0 Å². The molecule has 0 N–H and O–H groups in total. The number of methoxy groups -OCH3 is 1. The van der Waals surface area contributed by atoms with Crippen molar-refractivity contribution in [1.82, 2.24) is 4.57 Å². The van der Waals surface area contributed by atoms with Crippen LogP contribution in [0.4, 0.5) is 5.69 Å². The van der Waals surface area contributed by atoms with Gasteiger partial charge in [-0.05, 0) is 63.2 Å². The van der Waals surface area contributed by atoms with Crippen LogP contribution in [0.3, 0.4) is 0 Å². The van der Waals surface area contributed by atoms with E-state index in [9.17, 15) is 0 Å². The van der Waals surface area contributed by atoms with Crippen LogP contribution >= 0.6 is 0 Å². The molecule has 134 valence electrons. The maximum Gasteiger partial charge on any atom is 0.169 e. The summed E-state index contributed by atoms with van der Waals surface area (Å²) in [4.78, 5) is 4.59. The van der Waals surface area contributed by atoms with Crippen molar-refractivity contribution in [2.75, 3.05) is 7.11 Å². The molecule has 26 heavy (non-hydrogen) atoms. The van der Waals surface area contributed by atoms with Crippen molar-refractivity contribution in [3.8, 4) is 17.2 Å². The van der Waals surface area contributed by atoms with Gasteiger partial charge in [0.2, 0.25) is 0 Å². The minimum absolute atomic E-state index is 0.693. The van der Waals surface area contributed by atoms with Crippen molar-refractivity contribution < 1.29 is 9.47 Å². The molecule has 3 aromatic rings. The van der Waals surface area contributed by atoms with Crippen LogP contribution in [-0.2, 0) is 6.54 Å². The van der Waals surface area contributed by atoms with Crippen LogP contribution in [0.25, 0.3) is 0 Å². The summed E-state index contributed by atoms with van der Waals surface area (Å²) in [6, 6.07) is 17.5. The number of aromatic nitrogens is 1. The van der Waals surface area contributed by atoms with Gasteiger partial charge in [-0.3, -0.25) is 4.99 Å². The molecule has 1 heterocycles. The van der Waals surface area contributed by atoms with E-state index in [4.69, 9.17) is 9.47 Å². The summed E-state index contributed by atoms with van der Waals surface area (Å²) in [6.07, 6.45) is 1.92. The fourth-order valence-electron chi connectivity index (χ4n) is 3.02. The molecular formula is C22H24N2O2. The molecule has 3 rings (SSSR count). The third-order valence-corrected chi connectivity index (χ3v) is 4.42. The predicted molar refractivity (Wildman–Crippen MR) is 106 cm³/mol. The molecule has 0 aliphatic heterocycles. The number of para-hydroxylation sites is 2. The van der Waals surface area contributed by atoms with E-state index in [1.165, 1.54) is 11.4 Å². The van der Waals surface area contributed by atoms with Crippen LogP contribution < -0.4 is 9.47 Å². The number of benzene rings is 2. The Morgan fingerprint density at radius 2 is 1.69 bits per heavy atom. The van der Waals surface area contributed by atoms with Crippen molar-refractivity contribution in [1.29, 1.82) is 0 Å². The first-order valence-corrected chi connectivity index (χ1v) is 8.74. The van der Waals surface area contributed by atoms with Crippen molar-refractivity contribution in [3.05, 3.63) is 71.5 Å². The molecule has 0 spiro atoms. The summed E-state index contributed by atoms with van der Waals surface area (Å²) in [5.41, 5.74) is 4.54. The molecule has 4 heteroatoms. The lowest BCUT2D eigenvalue weighted by atomic mass is 10.2. The van der Waals surface area contributed by atoms with E-state index in [1.807, 2.05) is 54.7 Å². The van der Waals surface area contributed by atoms with E-state index in [2.05, 4.69) is 36.4 Å². The molecule has 0 unspecified atom stereocenters. The van der Waals surface area contributed by atoms with E-state index < -0.39 is 0 Å². The van der Waals surface area contributed by atoms with Gasteiger partial charge in [0.25, 0.3) is 0 Å². The van der Waals surface area contributed by atoms with E-state index in [0.717, 1.165) is 23.5 Å². The number of rotatable bonds is 6. The first kappa shape index (κ1) is 17.8. The Hall–Kier alpha value is -3.01. The average Bonchev–Trinajstić information content (AvgIpc) is 2.94. The van der Waals surface area contributed by atoms with Gasteiger partial charge in [0, 0.05) is 29.7 Å². The maximum atomic E-state index is 5.89. The number of hydrogen-bond acceptors (Lipinski definition) is 3. The fourth-order valence-corrected chi connectivity index (χ4v) is 3.02. The summed E-state index contributed by atoms with van der Waals surface area (Å²) >= 11 is 0. The van der Waals surface area contributed by atoms with Crippen molar-refractivity contribution in [2.24, 2.45) is 4.99 Å². The highest BCUT2D eigenvalue weighted by Crippen LogP contribution is 2.31. The van der Waals surface area contributed by atoms with Gasteiger partial charge in [0.1, 0.15) is 5.75 Å². The maximum absolute atomic E-state index is 5.89. The van der Waals surface area contributed by atoms with Gasteiger partial charge in [-0.25, -0.2) is 0 Å². The molecule has 0 bridgehead atoms. The van der Waals surface area contributed by atoms with Crippen molar-refractivity contribution >= 4 is 11.9 Å². The van der Waals surface area contributed by atoms with Crippen LogP contribution in [0.5, 0.6) is 17.2 Å². The average molecular weight is 348 g/mol. The van der Waals surface area contributed by atoms with E-state index in [-0.39, 0.29) is 0 Å². The fraction of sp³-hybridized carbons (Fsp3) is 0.227. The van der Waals surface area contributed by atoms with Crippen LogP contribution in [0.15, 0.2) is 59.6 Å². The third kappa shape index (κ3) is 3.80. The Morgan fingerprint density at radius 3 is 2.31 bits per heavy atom. The minimum atomic E-state index is 0.693. The van der Waals surface area contributed by atoms with Gasteiger partial charge in [0.15, 0.2) is 11.5 Å². The largest absolute Gasteiger partial charge is 0.493 e. The third-order valence-electron chi connectivity index (χ3n) is 4.42. The molecule has 0 radical (unpaired) electrons. The van der Waals surface area contributed by atoms with Crippen molar-refractivity contribution in [3.63, 3.8) is 0 Å². The Kier molecular flexibility index (Phi) is 5.42. The zero-order valence-corrected chi connectivity index (χ0v) is 15.7. The zero-order chi connectivity index (χ0) is 18.5. The van der Waals surface area contributed by atoms with Crippen LogP contribution in [0.1, 0.15) is 23.9 Å². The highest BCUT2D eigenvalue weighted by atomic mass is 16.5. The summed E-state index contributed by atoms with van der Waals surface area (Å²) in [7, 11) is 1.63. The second kappa shape index (κ2) is 7.91. The van der Waals surface area contributed by atoms with Crippen molar-refractivity contribution in [2.45, 2.75) is 27.3 Å². The van der Waals surface area contributed by atoms with Gasteiger partial charge >= 0.3 is 0 Å². The Labute approximate surface area is 154 Å². The topological polar surface area (TPSA) is 35.8 Å². The van der Waals surface area contributed by atoms with Gasteiger partial charge < -0.3 is 14.0 Å². The first-order chi connectivity index (χ1) is 12.6. The molecule has 2 aromatic carbocycles. The molecular weight excluding hydrogens is 324 g/mol. The summed E-state index contributed by atoms with van der Waals surface area (Å²) in [5.74, 6) is 2.15. The van der Waals surface area contributed by atoms with E-state index >= 15 is 0 Å². The smallest absolute Gasteiger partial charge is 0.169 e. The van der Waals surface area contributed by atoms with Gasteiger partial charge in [0.05, 0.1) is 12.8 Å². The molecule has 0 amide bonds.